The Morgan fingerprint density at radius 3 is 2.48 bits per heavy atom. The molecule has 29 heavy (non-hydrogen) atoms. The Bertz CT molecular complexity index is 1110. The predicted molar refractivity (Wildman–Crippen MR) is 109 cm³/mol. The summed E-state index contributed by atoms with van der Waals surface area (Å²) in [6, 6.07) is 22.8. The fourth-order valence-corrected chi connectivity index (χ4v) is 3.39. The third-order valence-corrected chi connectivity index (χ3v) is 4.94. The van der Waals surface area contributed by atoms with Crippen molar-refractivity contribution in [1.82, 2.24) is 0 Å². The van der Waals surface area contributed by atoms with Crippen molar-refractivity contribution in [2.45, 2.75) is 19.4 Å². The molecule has 1 aliphatic heterocycles. The number of allylic oxidation sites excluding steroid dienone is 1. The number of nitriles is 1. The van der Waals surface area contributed by atoms with E-state index in [-0.39, 0.29) is 17.6 Å². The van der Waals surface area contributed by atoms with E-state index < -0.39 is 0 Å². The van der Waals surface area contributed by atoms with Crippen LogP contribution in [0.25, 0.3) is 0 Å². The Hall–Kier alpha value is -3.91. The number of aryl methyl sites for hydroxylation is 1. The van der Waals surface area contributed by atoms with Gasteiger partial charge in [0.2, 0.25) is 5.88 Å². The van der Waals surface area contributed by atoms with Gasteiger partial charge in [-0.15, -0.1) is 0 Å². The number of fused-ring (bicyclic) bond motifs is 1. The van der Waals surface area contributed by atoms with E-state index in [0.717, 1.165) is 22.4 Å². The summed E-state index contributed by atoms with van der Waals surface area (Å²) in [6.07, 6.45) is 0. The zero-order chi connectivity index (χ0) is 20.4. The lowest BCUT2D eigenvalue weighted by Crippen LogP contribution is -2.20. The van der Waals surface area contributed by atoms with Crippen molar-refractivity contribution in [3.05, 3.63) is 100 Å². The first kappa shape index (κ1) is 18.5. The fraction of sp³-hybridized carbons (Fsp3) is 0.125. The summed E-state index contributed by atoms with van der Waals surface area (Å²) in [5.74, 6) is 0.954. The van der Waals surface area contributed by atoms with E-state index in [1.54, 1.807) is 12.1 Å². The van der Waals surface area contributed by atoms with Gasteiger partial charge >= 0.3 is 0 Å². The quantitative estimate of drug-likeness (QED) is 0.691. The molecule has 1 atom stereocenters. The molecule has 5 heteroatoms. The lowest BCUT2D eigenvalue weighted by atomic mass is 9.83. The highest BCUT2D eigenvalue weighted by molar-refractivity contribution is 5.57. The van der Waals surface area contributed by atoms with Crippen LogP contribution in [-0.4, -0.2) is 5.11 Å². The molecule has 0 spiro atoms. The van der Waals surface area contributed by atoms with E-state index >= 15 is 0 Å². The van der Waals surface area contributed by atoms with Crippen LogP contribution in [0.4, 0.5) is 0 Å². The van der Waals surface area contributed by atoms with Crippen LogP contribution in [0.15, 0.2) is 78.2 Å². The van der Waals surface area contributed by atoms with Gasteiger partial charge in [0.1, 0.15) is 35.5 Å². The molecule has 0 aliphatic carbocycles. The number of hydrogen-bond donors (Lipinski definition) is 2. The highest BCUT2D eigenvalue weighted by atomic mass is 16.5. The Kier molecular flexibility index (Phi) is 4.84. The van der Waals surface area contributed by atoms with E-state index in [0.29, 0.717) is 17.9 Å². The van der Waals surface area contributed by atoms with Gasteiger partial charge in [0.05, 0.1) is 5.92 Å². The van der Waals surface area contributed by atoms with Crippen molar-refractivity contribution < 1.29 is 14.6 Å². The first-order valence-corrected chi connectivity index (χ1v) is 9.24. The van der Waals surface area contributed by atoms with Crippen LogP contribution in [0.1, 0.15) is 28.2 Å². The first-order chi connectivity index (χ1) is 14.0. The van der Waals surface area contributed by atoms with Gasteiger partial charge in [-0.3, -0.25) is 0 Å². The number of nitrogens with two attached hydrogens (primary N) is 1. The first-order valence-electron chi connectivity index (χ1n) is 9.24. The minimum Gasteiger partial charge on any atom is -0.508 e. The van der Waals surface area contributed by atoms with Crippen LogP contribution in [0.5, 0.6) is 17.2 Å². The highest BCUT2D eigenvalue weighted by Crippen LogP contribution is 2.43. The largest absolute Gasteiger partial charge is 0.508 e. The number of phenols is 1. The Morgan fingerprint density at radius 1 is 1.07 bits per heavy atom. The Labute approximate surface area is 169 Å². The molecule has 0 aromatic heterocycles. The number of nitrogens with zero attached hydrogens (tertiary/aromatic N) is 1. The topological polar surface area (TPSA) is 88.5 Å². The molecule has 5 nitrogen and oxygen atoms in total. The SMILES string of the molecule is Cc1ccc(COc2ccc(C3C(C#N)=C(N)Oc4cc(O)ccc43)cc2)cc1. The van der Waals surface area contributed by atoms with Gasteiger partial charge in [-0.25, -0.2) is 0 Å². The summed E-state index contributed by atoms with van der Waals surface area (Å²) < 4.78 is 11.4. The average Bonchev–Trinajstić information content (AvgIpc) is 2.72. The van der Waals surface area contributed by atoms with Crippen molar-refractivity contribution in [3.8, 4) is 23.3 Å². The molecule has 1 aliphatic rings. The summed E-state index contributed by atoms with van der Waals surface area (Å²) >= 11 is 0. The van der Waals surface area contributed by atoms with Gasteiger partial charge in [-0.1, -0.05) is 48.0 Å². The molecule has 0 radical (unpaired) electrons. The summed E-state index contributed by atoms with van der Waals surface area (Å²) in [7, 11) is 0. The average molecular weight is 384 g/mol. The van der Waals surface area contributed by atoms with E-state index in [9.17, 15) is 10.4 Å². The smallest absolute Gasteiger partial charge is 0.205 e. The van der Waals surface area contributed by atoms with E-state index in [1.165, 1.54) is 11.6 Å². The van der Waals surface area contributed by atoms with Crippen LogP contribution in [0.3, 0.4) is 0 Å². The number of phenolic OH excluding ortho intramolecular Hbond substituents is 1. The van der Waals surface area contributed by atoms with Gasteiger partial charge in [-0.05, 0) is 36.2 Å². The normalized spacial score (nSPS) is 15.2. The molecule has 3 aromatic rings. The van der Waals surface area contributed by atoms with Crippen molar-refractivity contribution in [2.75, 3.05) is 0 Å². The summed E-state index contributed by atoms with van der Waals surface area (Å²) in [6.45, 7) is 2.53. The van der Waals surface area contributed by atoms with Crippen LogP contribution >= 0.6 is 0 Å². The van der Waals surface area contributed by atoms with E-state index in [1.807, 2.05) is 36.4 Å². The molecule has 4 rings (SSSR count). The second kappa shape index (κ2) is 7.61. The maximum atomic E-state index is 9.74. The second-order valence-corrected chi connectivity index (χ2v) is 6.99. The number of aromatic hydroxyl groups is 1. The molecule has 144 valence electrons. The van der Waals surface area contributed by atoms with Gasteiger partial charge in [-0.2, -0.15) is 5.26 Å². The lowest BCUT2D eigenvalue weighted by molar-refractivity contribution is 0.306. The standard InChI is InChI=1S/C24H20N2O3/c1-15-2-4-16(5-3-15)14-28-19-9-6-17(7-10-19)23-20-11-8-18(27)12-22(20)29-24(26)21(23)13-25/h2-12,23,27H,14,26H2,1H3. The van der Waals surface area contributed by atoms with Crippen LogP contribution < -0.4 is 15.2 Å². The molecule has 3 N–H and O–H groups in total. The van der Waals surface area contributed by atoms with Crippen LogP contribution in [0, 0.1) is 18.3 Å². The van der Waals surface area contributed by atoms with Gasteiger partial charge in [0, 0.05) is 11.6 Å². The minimum absolute atomic E-state index is 0.0512. The monoisotopic (exact) mass is 384 g/mol. The van der Waals surface area contributed by atoms with Crippen molar-refractivity contribution in [1.29, 1.82) is 5.26 Å². The molecule has 1 unspecified atom stereocenters. The van der Waals surface area contributed by atoms with Crippen LogP contribution in [0.2, 0.25) is 0 Å². The third kappa shape index (κ3) is 3.74. The highest BCUT2D eigenvalue weighted by Gasteiger charge is 2.30. The molecular formula is C24H20N2O3. The molecule has 0 saturated carbocycles. The maximum absolute atomic E-state index is 9.74. The number of benzene rings is 3. The fourth-order valence-electron chi connectivity index (χ4n) is 3.39. The number of rotatable bonds is 4. The molecule has 0 bridgehead atoms. The molecule has 0 fully saturated rings. The molecule has 3 aromatic carbocycles. The third-order valence-electron chi connectivity index (χ3n) is 4.94. The van der Waals surface area contributed by atoms with Gasteiger partial charge in [0.25, 0.3) is 0 Å². The van der Waals surface area contributed by atoms with Gasteiger partial charge in [0.15, 0.2) is 0 Å². The molecule has 0 saturated heterocycles. The Morgan fingerprint density at radius 2 is 1.79 bits per heavy atom. The van der Waals surface area contributed by atoms with E-state index in [2.05, 4.69) is 25.1 Å². The second-order valence-electron chi connectivity index (χ2n) is 6.99. The van der Waals surface area contributed by atoms with Crippen molar-refractivity contribution >= 4 is 0 Å². The lowest BCUT2D eigenvalue weighted by Gasteiger charge is -2.26. The summed E-state index contributed by atoms with van der Waals surface area (Å²) in [4.78, 5) is 0. The maximum Gasteiger partial charge on any atom is 0.205 e. The number of hydrogen-bond acceptors (Lipinski definition) is 5. The molecule has 0 amide bonds. The van der Waals surface area contributed by atoms with Crippen molar-refractivity contribution in [2.24, 2.45) is 5.73 Å². The molecule has 1 heterocycles. The minimum atomic E-state index is -0.365. The number of ether oxygens (including phenoxy) is 2. The zero-order valence-electron chi connectivity index (χ0n) is 15.9. The van der Waals surface area contributed by atoms with Gasteiger partial charge < -0.3 is 20.3 Å². The molecular weight excluding hydrogens is 364 g/mol. The summed E-state index contributed by atoms with van der Waals surface area (Å²) in [5.41, 5.74) is 10.3. The zero-order valence-corrected chi connectivity index (χ0v) is 15.9. The van der Waals surface area contributed by atoms with Crippen molar-refractivity contribution in [3.63, 3.8) is 0 Å². The Balaban J connectivity index is 1.59. The summed E-state index contributed by atoms with van der Waals surface area (Å²) in [5, 5.41) is 19.4. The predicted octanol–water partition coefficient (Wildman–Crippen LogP) is 4.50. The van der Waals surface area contributed by atoms with E-state index in [4.69, 9.17) is 15.2 Å². The van der Waals surface area contributed by atoms with Crippen LogP contribution in [-0.2, 0) is 6.61 Å².